The molecule has 1 saturated carbocycles. The summed E-state index contributed by atoms with van der Waals surface area (Å²) in [6, 6.07) is 5.03. The minimum Gasteiger partial charge on any atom is -0.378 e. The van der Waals surface area contributed by atoms with E-state index in [1.807, 2.05) is 11.0 Å². The molecule has 5 nitrogen and oxygen atoms in total. The van der Waals surface area contributed by atoms with E-state index < -0.39 is 0 Å². The predicted molar refractivity (Wildman–Crippen MR) is 105 cm³/mol. The molecule has 28 heavy (non-hydrogen) atoms. The van der Waals surface area contributed by atoms with E-state index in [0.717, 1.165) is 36.2 Å². The molecule has 1 aliphatic heterocycles. The normalized spacial score (nSPS) is 23.0. The number of carbonyl (C=O) groups excluding carboxylic acids is 1. The molecular weight excluding hydrogens is 357 g/mol. The van der Waals surface area contributed by atoms with E-state index in [0.29, 0.717) is 49.4 Å². The number of rotatable bonds is 3. The molecule has 2 atom stereocenters. The van der Waals surface area contributed by atoms with Crippen LogP contribution in [0.15, 0.2) is 24.4 Å². The molecule has 0 radical (unpaired) electrons. The Hall–Kier alpha value is -2.47. The molecule has 0 spiro atoms. The molecule has 2 heterocycles. The Morgan fingerprint density at radius 1 is 1.21 bits per heavy atom. The van der Waals surface area contributed by atoms with Crippen LogP contribution in [0, 0.1) is 12.7 Å². The first-order chi connectivity index (χ1) is 13.6. The first-order valence-electron chi connectivity index (χ1n) is 10.0. The summed E-state index contributed by atoms with van der Waals surface area (Å²) in [5.74, 6) is 0.711. The van der Waals surface area contributed by atoms with E-state index in [2.05, 4.69) is 10.3 Å². The summed E-state index contributed by atoms with van der Waals surface area (Å²) in [5, 5.41) is 3.43. The molecule has 1 amide bonds. The highest BCUT2D eigenvalue weighted by Gasteiger charge is 2.42. The Bertz CT molecular complexity index is 940. The highest BCUT2D eigenvalue weighted by Crippen LogP contribution is 2.56. The van der Waals surface area contributed by atoms with Gasteiger partial charge in [-0.15, -0.1) is 0 Å². The van der Waals surface area contributed by atoms with Crippen LogP contribution in [0.3, 0.4) is 0 Å². The second-order valence-electron chi connectivity index (χ2n) is 8.05. The summed E-state index contributed by atoms with van der Waals surface area (Å²) in [5.41, 5.74) is 5.39. The number of anilines is 2. The quantitative estimate of drug-likeness (QED) is 0.869. The molecule has 1 aromatic carbocycles. The van der Waals surface area contributed by atoms with Crippen LogP contribution in [0.4, 0.5) is 15.8 Å². The molecule has 2 unspecified atom stereocenters. The van der Waals surface area contributed by atoms with Crippen LogP contribution < -0.4 is 5.32 Å². The molecule has 1 N–H and O–H groups in total. The van der Waals surface area contributed by atoms with Crippen molar-refractivity contribution in [1.29, 1.82) is 0 Å². The van der Waals surface area contributed by atoms with Crippen molar-refractivity contribution >= 4 is 17.3 Å². The minimum absolute atomic E-state index is 0.0243. The lowest BCUT2D eigenvalue weighted by Crippen LogP contribution is -2.41. The van der Waals surface area contributed by atoms with Gasteiger partial charge in [0.2, 0.25) is 0 Å². The Labute approximate surface area is 163 Å². The number of fused-ring (bicyclic) bond motifs is 5. The highest BCUT2D eigenvalue weighted by molar-refractivity contribution is 5.95. The van der Waals surface area contributed by atoms with E-state index in [1.165, 1.54) is 11.6 Å². The lowest BCUT2D eigenvalue weighted by molar-refractivity contribution is 0.0298. The van der Waals surface area contributed by atoms with Gasteiger partial charge in [0.05, 0.1) is 25.1 Å². The first-order valence-corrected chi connectivity index (χ1v) is 10.0. The van der Waals surface area contributed by atoms with Gasteiger partial charge in [0.1, 0.15) is 11.5 Å². The van der Waals surface area contributed by atoms with Crippen LogP contribution in [0.25, 0.3) is 0 Å². The minimum atomic E-state index is -0.209. The number of nitrogens with one attached hydrogen (secondary N) is 1. The zero-order valence-electron chi connectivity index (χ0n) is 16.0. The summed E-state index contributed by atoms with van der Waals surface area (Å²) in [7, 11) is 0. The molecule has 2 fully saturated rings. The summed E-state index contributed by atoms with van der Waals surface area (Å²) in [6.07, 6.45) is 5.17. The van der Waals surface area contributed by atoms with Crippen molar-refractivity contribution in [2.24, 2.45) is 0 Å². The van der Waals surface area contributed by atoms with Crippen LogP contribution in [-0.4, -0.2) is 42.1 Å². The molecule has 146 valence electrons. The number of amides is 1. The number of aromatic nitrogens is 1. The maximum atomic E-state index is 13.6. The molecule has 3 aliphatic rings. The van der Waals surface area contributed by atoms with Crippen molar-refractivity contribution in [2.75, 3.05) is 31.6 Å². The summed E-state index contributed by atoms with van der Waals surface area (Å²) < 4.78 is 19.0. The molecule has 6 heteroatoms. The molecule has 2 aliphatic carbocycles. The van der Waals surface area contributed by atoms with Crippen molar-refractivity contribution in [2.45, 2.75) is 38.0 Å². The van der Waals surface area contributed by atoms with Crippen molar-refractivity contribution in [3.63, 3.8) is 0 Å². The highest BCUT2D eigenvalue weighted by atomic mass is 19.1. The number of aryl methyl sites for hydroxylation is 1. The third-order valence-electron chi connectivity index (χ3n) is 6.35. The van der Waals surface area contributed by atoms with Crippen molar-refractivity contribution in [3.8, 4) is 0 Å². The number of pyridine rings is 1. The van der Waals surface area contributed by atoms with Crippen LogP contribution in [-0.2, 0) is 4.74 Å². The lowest BCUT2D eigenvalue weighted by Gasteiger charge is -2.29. The fourth-order valence-electron chi connectivity index (χ4n) is 4.96. The number of hydrogen-bond acceptors (Lipinski definition) is 4. The standard InChI is InChI=1S/C22H24FN3O2/c1-13-10-16(4-5-17(13)23)25-18-12-24-21(22(27)26-6-8-28-9-7-26)20-15-3-2-14(11-15)19(18)20/h4-5,10,12,14-15,25H,2-3,6-9,11H2,1H3. The van der Waals surface area contributed by atoms with Crippen molar-refractivity contribution in [3.05, 3.63) is 52.6 Å². The molecule has 2 bridgehead atoms. The van der Waals surface area contributed by atoms with Gasteiger partial charge in [-0.2, -0.15) is 0 Å². The number of morpholine rings is 1. The van der Waals surface area contributed by atoms with E-state index >= 15 is 0 Å². The van der Waals surface area contributed by atoms with E-state index in [-0.39, 0.29) is 11.7 Å². The first kappa shape index (κ1) is 17.6. The van der Waals surface area contributed by atoms with Gasteiger partial charge >= 0.3 is 0 Å². The number of benzene rings is 1. The maximum absolute atomic E-state index is 13.6. The number of nitrogens with zero attached hydrogens (tertiary/aromatic N) is 2. The number of halogens is 1. The van der Waals surface area contributed by atoms with Crippen LogP contribution >= 0.6 is 0 Å². The van der Waals surface area contributed by atoms with E-state index in [9.17, 15) is 9.18 Å². The molecule has 1 saturated heterocycles. The van der Waals surface area contributed by atoms with Gasteiger partial charge in [-0.3, -0.25) is 4.79 Å². The predicted octanol–water partition coefficient (Wildman–Crippen LogP) is 4.11. The molecular formula is C22H24FN3O2. The zero-order chi connectivity index (χ0) is 19.3. The van der Waals surface area contributed by atoms with Gasteiger partial charge in [0.25, 0.3) is 5.91 Å². The molecule has 5 rings (SSSR count). The van der Waals surface area contributed by atoms with Crippen molar-refractivity contribution in [1.82, 2.24) is 9.88 Å². The Balaban J connectivity index is 1.52. The van der Waals surface area contributed by atoms with E-state index in [4.69, 9.17) is 4.74 Å². The summed E-state index contributed by atoms with van der Waals surface area (Å²) >= 11 is 0. The third-order valence-corrected chi connectivity index (χ3v) is 6.35. The lowest BCUT2D eigenvalue weighted by atomic mass is 9.89. The SMILES string of the molecule is Cc1cc(Nc2cnc(C(=O)N3CCOCC3)c3c2C2CCC3C2)ccc1F. The smallest absolute Gasteiger partial charge is 0.272 e. The van der Waals surface area contributed by atoms with Crippen LogP contribution in [0.1, 0.15) is 58.3 Å². The topological polar surface area (TPSA) is 54.5 Å². The Morgan fingerprint density at radius 3 is 2.71 bits per heavy atom. The molecule has 2 aromatic rings. The van der Waals surface area contributed by atoms with Gasteiger partial charge in [-0.25, -0.2) is 9.37 Å². The average Bonchev–Trinajstić information content (AvgIpc) is 3.34. The van der Waals surface area contributed by atoms with Gasteiger partial charge in [0, 0.05) is 18.8 Å². The van der Waals surface area contributed by atoms with Crippen molar-refractivity contribution < 1.29 is 13.9 Å². The Kier molecular flexibility index (Phi) is 4.31. The number of ether oxygens (including phenoxy) is 1. The second-order valence-corrected chi connectivity index (χ2v) is 8.05. The average molecular weight is 381 g/mol. The number of hydrogen-bond donors (Lipinski definition) is 1. The van der Waals surface area contributed by atoms with Gasteiger partial charge in [-0.1, -0.05) is 0 Å². The maximum Gasteiger partial charge on any atom is 0.272 e. The van der Waals surface area contributed by atoms with E-state index in [1.54, 1.807) is 19.2 Å². The molecule has 1 aromatic heterocycles. The third kappa shape index (κ3) is 2.87. The summed E-state index contributed by atoms with van der Waals surface area (Å²) in [6.45, 7) is 4.18. The van der Waals surface area contributed by atoms with Gasteiger partial charge in [-0.05, 0) is 72.9 Å². The fraction of sp³-hybridized carbons (Fsp3) is 0.455. The second kappa shape index (κ2) is 6.85. The Morgan fingerprint density at radius 2 is 1.96 bits per heavy atom. The van der Waals surface area contributed by atoms with Crippen LogP contribution in [0.5, 0.6) is 0 Å². The van der Waals surface area contributed by atoms with Gasteiger partial charge in [0.15, 0.2) is 0 Å². The van der Waals surface area contributed by atoms with Crippen LogP contribution in [0.2, 0.25) is 0 Å². The fourth-order valence-corrected chi connectivity index (χ4v) is 4.96. The monoisotopic (exact) mass is 381 g/mol. The number of carbonyl (C=O) groups is 1. The van der Waals surface area contributed by atoms with Gasteiger partial charge < -0.3 is 15.0 Å². The largest absolute Gasteiger partial charge is 0.378 e. The zero-order valence-corrected chi connectivity index (χ0v) is 16.0. The summed E-state index contributed by atoms with van der Waals surface area (Å²) in [4.78, 5) is 19.6.